The molecule has 2 rings (SSSR count). The predicted molar refractivity (Wildman–Crippen MR) is 85.3 cm³/mol. The number of nitrogens with one attached hydrogen (secondary N) is 2. The summed E-state index contributed by atoms with van der Waals surface area (Å²) in [5, 5.41) is 6.01. The van der Waals surface area contributed by atoms with Crippen molar-refractivity contribution >= 4 is 28.6 Å². The van der Waals surface area contributed by atoms with Gasteiger partial charge in [-0.1, -0.05) is 0 Å². The molecule has 5 heteroatoms. The Morgan fingerprint density at radius 1 is 1.30 bits per heavy atom. The Bertz CT molecular complexity index is 621. The van der Waals surface area contributed by atoms with Gasteiger partial charge in [-0.15, -0.1) is 11.3 Å². The van der Waals surface area contributed by atoms with Gasteiger partial charge in [0.25, 0.3) is 5.91 Å². The third-order valence-electron chi connectivity index (χ3n) is 3.08. The van der Waals surface area contributed by atoms with Crippen LogP contribution in [0.3, 0.4) is 0 Å². The van der Waals surface area contributed by atoms with Gasteiger partial charge in [0, 0.05) is 28.2 Å². The smallest absolute Gasteiger partial charge is 0.253 e. The highest BCUT2D eigenvalue weighted by Gasteiger charge is 2.14. The zero-order valence-corrected chi connectivity index (χ0v) is 12.7. The van der Waals surface area contributed by atoms with Crippen LogP contribution in [0.15, 0.2) is 30.3 Å². The SMILES string of the molecule is CNC(=O)c1ccc(N)cc1NC(C)c1ccc(C)s1. The average Bonchev–Trinajstić information content (AvgIpc) is 2.85. The number of thiophene rings is 1. The van der Waals surface area contributed by atoms with Crippen LogP contribution in [0.1, 0.15) is 33.1 Å². The van der Waals surface area contributed by atoms with Crippen LogP contribution in [0.2, 0.25) is 0 Å². The number of carbonyl (C=O) groups is 1. The lowest BCUT2D eigenvalue weighted by molar-refractivity contribution is 0.0964. The number of nitrogen functional groups attached to an aromatic ring is 1. The molecule has 1 aromatic carbocycles. The van der Waals surface area contributed by atoms with Gasteiger partial charge in [-0.2, -0.15) is 0 Å². The summed E-state index contributed by atoms with van der Waals surface area (Å²) in [6, 6.07) is 9.58. The Morgan fingerprint density at radius 2 is 2.05 bits per heavy atom. The summed E-state index contributed by atoms with van der Waals surface area (Å²) in [7, 11) is 1.62. The number of aryl methyl sites for hydroxylation is 1. The number of benzene rings is 1. The van der Waals surface area contributed by atoms with E-state index in [2.05, 4.69) is 36.6 Å². The van der Waals surface area contributed by atoms with Gasteiger partial charge in [0.2, 0.25) is 0 Å². The molecule has 4 nitrogen and oxygen atoms in total. The summed E-state index contributed by atoms with van der Waals surface area (Å²) in [5.41, 5.74) is 7.80. The second-order valence-electron chi connectivity index (χ2n) is 4.70. The monoisotopic (exact) mass is 289 g/mol. The minimum Gasteiger partial charge on any atom is -0.399 e. The Labute approximate surface area is 123 Å². The maximum absolute atomic E-state index is 11.9. The van der Waals surface area contributed by atoms with E-state index in [0.717, 1.165) is 5.69 Å². The van der Waals surface area contributed by atoms with Gasteiger partial charge in [-0.3, -0.25) is 4.79 Å². The van der Waals surface area contributed by atoms with E-state index in [4.69, 9.17) is 5.73 Å². The van der Waals surface area contributed by atoms with Gasteiger partial charge in [-0.25, -0.2) is 0 Å². The van der Waals surface area contributed by atoms with Crippen LogP contribution in [0.4, 0.5) is 11.4 Å². The van der Waals surface area contributed by atoms with Crippen molar-refractivity contribution in [3.05, 3.63) is 45.6 Å². The fourth-order valence-corrected chi connectivity index (χ4v) is 2.88. The van der Waals surface area contributed by atoms with Crippen LogP contribution in [0, 0.1) is 6.92 Å². The van der Waals surface area contributed by atoms with E-state index in [-0.39, 0.29) is 11.9 Å². The Balaban J connectivity index is 2.28. The highest BCUT2D eigenvalue weighted by Crippen LogP contribution is 2.28. The summed E-state index contributed by atoms with van der Waals surface area (Å²) in [4.78, 5) is 14.4. The molecule has 20 heavy (non-hydrogen) atoms. The quantitative estimate of drug-likeness (QED) is 0.757. The molecule has 1 aromatic heterocycles. The van der Waals surface area contributed by atoms with E-state index in [0.29, 0.717) is 11.3 Å². The van der Waals surface area contributed by atoms with Gasteiger partial charge < -0.3 is 16.4 Å². The second kappa shape index (κ2) is 5.96. The second-order valence-corrected chi connectivity index (χ2v) is 6.02. The van der Waals surface area contributed by atoms with Crippen LogP contribution >= 0.6 is 11.3 Å². The van der Waals surface area contributed by atoms with Gasteiger partial charge >= 0.3 is 0 Å². The number of nitrogens with two attached hydrogens (primary N) is 1. The Morgan fingerprint density at radius 3 is 2.65 bits per heavy atom. The average molecular weight is 289 g/mol. The van der Waals surface area contributed by atoms with Gasteiger partial charge in [-0.05, 0) is 44.2 Å². The molecule has 0 aliphatic carbocycles. The van der Waals surface area contributed by atoms with Crippen molar-refractivity contribution in [2.24, 2.45) is 0 Å². The first kappa shape index (κ1) is 14.4. The number of hydrogen-bond donors (Lipinski definition) is 3. The van der Waals surface area contributed by atoms with Crippen molar-refractivity contribution in [2.75, 3.05) is 18.1 Å². The summed E-state index contributed by atoms with van der Waals surface area (Å²) < 4.78 is 0. The Hall–Kier alpha value is -2.01. The molecule has 0 saturated heterocycles. The van der Waals surface area contributed by atoms with Crippen LogP contribution in [0.5, 0.6) is 0 Å². The lowest BCUT2D eigenvalue weighted by Gasteiger charge is -2.17. The molecule has 1 amide bonds. The van der Waals surface area contributed by atoms with Crippen molar-refractivity contribution < 1.29 is 4.79 Å². The number of hydrogen-bond acceptors (Lipinski definition) is 4. The molecule has 4 N–H and O–H groups in total. The highest BCUT2D eigenvalue weighted by molar-refractivity contribution is 7.12. The van der Waals surface area contributed by atoms with Crippen LogP contribution in [0.25, 0.3) is 0 Å². The minimum atomic E-state index is -0.123. The summed E-state index contributed by atoms with van der Waals surface area (Å²) in [6.07, 6.45) is 0. The normalized spacial score (nSPS) is 11.9. The van der Waals surface area contributed by atoms with E-state index in [1.807, 2.05) is 0 Å². The molecule has 0 aliphatic heterocycles. The topological polar surface area (TPSA) is 67.2 Å². The third-order valence-corrected chi connectivity index (χ3v) is 4.26. The number of rotatable bonds is 4. The molecule has 0 saturated carbocycles. The Kier molecular flexibility index (Phi) is 4.29. The number of anilines is 2. The maximum Gasteiger partial charge on any atom is 0.253 e. The molecule has 0 radical (unpaired) electrons. The number of amides is 1. The summed E-state index contributed by atoms with van der Waals surface area (Å²) >= 11 is 1.74. The van der Waals surface area contributed by atoms with Crippen molar-refractivity contribution in [3.8, 4) is 0 Å². The largest absolute Gasteiger partial charge is 0.399 e. The molecule has 0 spiro atoms. The minimum absolute atomic E-state index is 0.123. The van der Waals surface area contributed by atoms with E-state index in [1.54, 1.807) is 36.6 Å². The van der Waals surface area contributed by atoms with E-state index < -0.39 is 0 Å². The van der Waals surface area contributed by atoms with Gasteiger partial charge in [0.1, 0.15) is 0 Å². The van der Waals surface area contributed by atoms with Crippen LogP contribution in [-0.4, -0.2) is 13.0 Å². The molecule has 0 fully saturated rings. The first-order valence-corrected chi connectivity index (χ1v) is 7.27. The van der Waals surface area contributed by atoms with Crippen LogP contribution in [-0.2, 0) is 0 Å². The first-order valence-electron chi connectivity index (χ1n) is 6.45. The highest BCUT2D eigenvalue weighted by atomic mass is 32.1. The molecule has 2 aromatic rings. The van der Waals surface area contributed by atoms with E-state index in [9.17, 15) is 4.79 Å². The molecular formula is C15H19N3OS. The lowest BCUT2D eigenvalue weighted by Crippen LogP contribution is -2.20. The first-order chi connectivity index (χ1) is 9.51. The van der Waals surface area contributed by atoms with Crippen molar-refractivity contribution in [1.29, 1.82) is 0 Å². The maximum atomic E-state index is 11.9. The fraction of sp³-hybridized carbons (Fsp3) is 0.267. The van der Waals surface area contributed by atoms with Crippen molar-refractivity contribution in [2.45, 2.75) is 19.9 Å². The molecular weight excluding hydrogens is 270 g/mol. The molecule has 1 heterocycles. The molecule has 1 atom stereocenters. The van der Waals surface area contributed by atoms with E-state index in [1.165, 1.54) is 9.75 Å². The zero-order valence-electron chi connectivity index (χ0n) is 11.9. The van der Waals surface area contributed by atoms with Gasteiger partial charge in [0.05, 0.1) is 11.6 Å². The van der Waals surface area contributed by atoms with Crippen molar-refractivity contribution in [1.82, 2.24) is 5.32 Å². The summed E-state index contributed by atoms with van der Waals surface area (Å²) in [5.74, 6) is -0.123. The molecule has 106 valence electrons. The molecule has 1 unspecified atom stereocenters. The number of carbonyl (C=O) groups excluding carboxylic acids is 1. The van der Waals surface area contributed by atoms with Crippen molar-refractivity contribution in [3.63, 3.8) is 0 Å². The molecule has 0 bridgehead atoms. The lowest BCUT2D eigenvalue weighted by atomic mass is 10.1. The third kappa shape index (κ3) is 3.11. The predicted octanol–water partition coefficient (Wildman–Crippen LogP) is 3.17. The van der Waals surface area contributed by atoms with Gasteiger partial charge in [0.15, 0.2) is 0 Å². The standard InChI is InChI=1S/C15H19N3OS/c1-9-4-7-14(20-9)10(2)18-13-8-11(16)5-6-12(13)15(19)17-3/h4-8,10,18H,16H2,1-3H3,(H,17,19). The van der Waals surface area contributed by atoms with E-state index >= 15 is 0 Å². The van der Waals surface area contributed by atoms with Crippen LogP contribution < -0.4 is 16.4 Å². The fourth-order valence-electron chi connectivity index (χ4n) is 2.00. The summed E-state index contributed by atoms with van der Waals surface area (Å²) in [6.45, 7) is 4.15. The zero-order chi connectivity index (χ0) is 14.7. The molecule has 0 aliphatic rings.